The van der Waals surface area contributed by atoms with Crippen LogP contribution in [0, 0.1) is 5.41 Å². The summed E-state index contributed by atoms with van der Waals surface area (Å²) in [6.45, 7) is 4.36. The summed E-state index contributed by atoms with van der Waals surface area (Å²) in [5.41, 5.74) is 5.61. The van der Waals surface area contributed by atoms with Gasteiger partial charge in [-0.3, -0.25) is 0 Å². The van der Waals surface area contributed by atoms with Crippen molar-refractivity contribution < 1.29 is 13.2 Å². The molecule has 1 aromatic rings. The first-order chi connectivity index (χ1) is 9.17. The van der Waals surface area contributed by atoms with Crippen molar-refractivity contribution in [1.82, 2.24) is 4.98 Å². The Bertz CT molecular complexity index is 483. The van der Waals surface area contributed by atoms with Crippen LogP contribution in [0.2, 0.25) is 0 Å². The minimum absolute atomic E-state index is 0.157. The molecule has 1 aromatic heterocycles. The maximum atomic E-state index is 12.7. The highest BCUT2D eigenvalue weighted by Gasteiger charge is 2.33. The van der Waals surface area contributed by atoms with Crippen molar-refractivity contribution in [2.45, 2.75) is 51.7 Å². The van der Waals surface area contributed by atoms with Gasteiger partial charge in [0.2, 0.25) is 0 Å². The van der Waals surface area contributed by atoms with Gasteiger partial charge in [-0.2, -0.15) is 13.2 Å². The summed E-state index contributed by atoms with van der Waals surface area (Å²) < 4.78 is 38.0. The molecule has 1 saturated carbocycles. The molecule has 1 fully saturated rings. The summed E-state index contributed by atoms with van der Waals surface area (Å²) >= 11 is 0. The van der Waals surface area contributed by atoms with Crippen LogP contribution in [0.3, 0.4) is 0 Å². The minimum atomic E-state index is -4.45. The van der Waals surface area contributed by atoms with E-state index in [1.165, 1.54) is 0 Å². The fraction of sp³-hybridized carbons (Fsp3) is 0.643. The van der Waals surface area contributed by atoms with Crippen LogP contribution >= 0.6 is 0 Å². The van der Waals surface area contributed by atoms with Gasteiger partial charge in [0, 0.05) is 6.04 Å². The van der Waals surface area contributed by atoms with E-state index in [-0.39, 0.29) is 17.1 Å². The molecule has 0 aromatic carbocycles. The third kappa shape index (κ3) is 3.55. The monoisotopic (exact) mass is 287 g/mol. The van der Waals surface area contributed by atoms with E-state index in [1.807, 2.05) is 0 Å². The Hall–Kier alpha value is -1.46. The van der Waals surface area contributed by atoms with Gasteiger partial charge >= 0.3 is 6.18 Å². The van der Waals surface area contributed by atoms with Crippen LogP contribution in [-0.2, 0) is 6.18 Å². The van der Waals surface area contributed by atoms with Gasteiger partial charge in [-0.15, -0.1) is 0 Å². The van der Waals surface area contributed by atoms with Crippen LogP contribution in [-0.4, -0.2) is 11.0 Å². The zero-order valence-electron chi connectivity index (χ0n) is 11.7. The van der Waals surface area contributed by atoms with Gasteiger partial charge in [0.25, 0.3) is 0 Å². The summed E-state index contributed by atoms with van der Waals surface area (Å²) in [5, 5.41) is 3.15. The van der Waals surface area contributed by atoms with Crippen molar-refractivity contribution in [3.05, 3.63) is 18.0 Å². The maximum absolute atomic E-state index is 12.7. The molecule has 1 atom stereocenters. The van der Waals surface area contributed by atoms with Crippen molar-refractivity contribution in [2.75, 3.05) is 11.1 Å². The molecule has 3 N–H and O–H groups in total. The second-order valence-corrected chi connectivity index (χ2v) is 6.26. The Morgan fingerprint density at radius 1 is 1.40 bits per heavy atom. The second kappa shape index (κ2) is 5.14. The molecular weight excluding hydrogens is 267 g/mol. The average Bonchev–Trinajstić information content (AvgIpc) is 2.29. The topological polar surface area (TPSA) is 50.9 Å². The molecule has 2 rings (SSSR count). The number of nitrogens with one attached hydrogen (secondary N) is 1. The highest BCUT2D eigenvalue weighted by Crippen LogP contribution is 2.37. The summed E-state index contributed by atoms with van der Waals surface area (Å²) in [6.07, 6.45) is 0.713. The smallest absolute Gasteiger partial charge is 0.396 e. The van der Waals surface area contributed by atoms with Gasteiger partial charge in [-0.25, -0.2) is 4.98 Å². The number of aromatic nitrogens is 1. The number of nitrogen functional groups attached to an aromatic ring is 1. The molecule has 1 aliphatic carbocycles. The number of nitrogens with zero attached hydrogens (tertiary/aromatic N) is 1. The first-order valence-corrected chi connectivity index (χ1v) is 6.77. The predicted octanol–water partition coefficient (Wildman–Crippen LogP) is 4.06. The molecule has 0 amide bonds. The molecule has 6 heteroatoms. The summed E-state index contributed by atoms with van der Waals surface area (Å²) in [7, 11) is 0. The molecule has 20 heavy (non-hydrogen) atoms. The van der Waals surface area contributed by atoms with E-state index in [9.17, 15) is 13.2 Å². The quantitative estimate of drug-likeness (QED) is 0.862. The molecule has 1 aliphatic rings. The van der Waals surface area contributed by atoms with Gasteiger partial charge < -0.3 is 11.1 Å². The lowest BCUT2D eigenvalue weighted by Crippen LogP contribution is -2.32. The molecule has 3 nitrogen and oxygen atoms in total. The van der Waals surface area contributed by atoms with Crippen molar-refractivity contribution >= 4 is 11.4 Å². The Labute approximate surface area is 116 Å². The third-order valence-electron chi connectivity index (χ3n) is 3.79. The molecule has 0 bridgehead atoms. The van der Waals surface area contributed by atoms with Crippen LogP contribution < -0.4 is 11.1 Å². The highest BCUT2D eigenvalue weighted by molar-refractivity contribution is 5.65. The van der Waals surface area contributed by atoms with Crippen LogP contribution in [0.25, 0.3) is 0 Å². The van der Waals surface area contributed by atoms with Crippen LogP contribution in [0.4, 0.5) is 24.5 Å². The molecule has 1 unspecified atom stereocenters. The lowest BCUT2D eigenvalue weighted by molar-refractivity contribution is -0.141. The average molecular weight is 287 g/mol. The molecule has 0 aliphatic heterocycles. The van der Waals surface area contributed by atoms with E-state index in [4.69, 9.17) is 5.73 Å². The Kier molecular flexibility index (Phi) is 3.84. The Morgan fingerprint density at radius 3 is 2.70 bits per heavy atom. The lowest BCUT2D eigenvalue weighted by atomic mass is 9.75. The van der Waals surface area contributed by atoms with E-state index in [0.717, 1.165) is 37.9 Å². The van der Waals surface area contributed by atoms with E-state index in [0.29, 0.717) is 5.69 Å². The zero-order chi connectivity index (χ0) is 15.0. The van der Waals surface area contributed by atoms with Crippen molar-refractivity contribution in [1.29, 1.82) is 0 Å². The van der Waals surface area contributed by atoms with Crippen LogP contribution in [0.5, 0.6) is 0 Å². The van der Waals surface area contributed by atoms with E-state index < -0.39 is 11.9 Å². The molecule has 112 valence electrons. The third-order valence-corrected chi connectivity index (χ3v) is 3.79. The number of pyridine rings is 1. The normalized spacial score (nSPS) is 22.6. The number of hydrogen-bond acceptors (Lipinski definition) is 3. The predicted molar refractivity (Wildman–Crippen MR) is 73.3 cm³/mol. The van der Waals surface area contributed by atoms with Crippen molar-refractivity contribution in [3.63, 3.8) is 0 Å². The molecule has 1 heterocycles. The van der Waals surface area contributed by atoms with Crippen LogP contribution in [0.1, 0.15) is 45.2 Å². The standard InChI is InChI=1S/C14H20F3N3/c1-13(2)5-3-4-9(7-13)20-11-6-12(14(15,16)17)19-8-10(11)18/h6,8-9H,3-5,7,18H2,1-2H3,(H,19,20). The van der Waals surface area contributed by atoms with Crippen LogP contribution in [0.15, 0.2) is 12.3 Å². The Morgan fingerprint density at radius 2 is 2.10 bits per heavy atom. The number of alkyl halides is 3. The van der Waals surface area contributed by atoms with Crippen molar-refractivity contribution in [2.24, 2.45) is 5.41 Å². The number of halogens is 3. The maximum Gasteiger partial charge on any atom is 0.433 e. The van der Waals surface area contributed by atoms with E-state index in [1.54, 1.807) is 0 Å². The van der Waals surface area contributed by atoms with E-state index >= 15 is 0 Å². The molecule has 0 saturated heterocycles. The van der Waals surface area contributed by atoms with Gasteiger partial charge in [0.1, 0.15) is 5.69 Å². The fourth-order valence-corrected chi connectivity index (χ4v) is 2.79. The lowest BCUT2D eigenvalue weighted by Gasteiger charge is -2.36. The first kappa shape index (κ1) is 14.9. The minimum Gasteiger partial charge on any atom is -0.396 e. The number of hydrogen-bond donors (Lipinski definition) is 2. The summed E-state index contributed by atoms with van der Waals surface area (Å²) in [4.78, 5) is 3.34. The SMILES string of the molecule is CC1(C)CCCC(Nc2cc(C(F)(F)F)ncc2N)C1. The van der Waals surface area contributed by atoms with Gasteiger partial charge in [0.05, 0.1) is 17.6 Å². The second-order valence-electron chi connectivity index (χ2n) is 6.26. The van der Waals surface area contributed by atoms with E-state index in [2.05, 4.69) is 24.1 Å². The molecule has 0 radical (unpaired) electrons. The summed E-state index contributed by atoms with van der Waals surface area (Å²) in [5.74, 6) is 0. The number of nitrogens with two attached hydrogens (primary N) is 1. The first-order valence-electron chi connectivity index (χ1n) is 6.77. The highest BCUT2D eigenvalue weighted by atomic mass is 19.4. The van der Waals surface area contributed by atoms with Gasteiger partial charge in [-0.1, -0.05) is 20.3 Å². The Balaban J connectivity index is 2.16. The number of rotatable bonds is 2. The number of anilines is 2. The van der Waals surface area contributed by atoms with Gasteiger partial charge in [-0.05, 0) is 30.7 Å². The van der Waals surface area contributed by atoms with Gasteiger partial charge in [0.15, 0.2) is 0 Å². The summed E-state index contributed by atoms with van der Waals surface area (Å²) in [6, 6.07) is 1.15. The zero-order valence-corrected chi connectivity index (χ0v) is 11.7. The fourth-order valence-electron chi connectivity index (χ4n) is 2.79. The largest absolute Gasteiger partial charge is 0.433 e. The molecule has 0 spiro atoms. The van der Waals surface area contributed by atoms with Crippen molar-refractivity contribution in [3.8, 4) is 0 Å². The molecular formula is C14H20F3N3.